The standard InChI is InChI=1S/C10H11NO3/c1-11(2)9-5-7(6-12)3-4-8(9)10(13)14/h3-6H,1-2H3,(H,13,14). The number of carbonyl (C=O) groups is 2. The van der Waals surface area contributed by atoms with Crippen LogP contribution in [-0.4, -0.2) is 31.5 Å². The van der Waals surface area contributed by atoms with Crippen LogP contribution in [-0.2, 0) is 0 Å². The maximum Gasteiger partial charge on any atom is 0.337 e. The summed E-state index contributed by atoms with van der Waals surface area (Å²) in [6.07, 6.45) is 0.693. The van der Waals surface area contributed by atoms with Gasteiger partial charge in [0.15, 0.2) is 0 Å². The molecule has 0 amide bonds. The molecular weight excluding hydrogens is 182 g/mol. The van der Waals surface area contributed by atoms with Gasteiger partial charge in [-0.05, 0) is 12.1 Å². The maximum absolute atomic E-state index is 10.8. The Morgan fingerprint density at radius 1 is 1.43 bits per heavy atom. The van der Waals surface area contributed by atoms with Crippen molar-refractivity contribution < 1.29 is 14.7 Å². The largest absolute Gasteiger partial charge is 0.478 e. The molecule has 0 spiro atoms. The van der Waals surface area contributed by atoms with Gasteiger partial charge in [0.25, 0.3) is 0 Å². The molecule has 1 aromatic rings. The number of nitrogens with zero attached hydrogens (tertiary/aromatic N) is 1. The monoisotopic (exact) mass is 193 g/mol. The van der Waals surface area contributed by atoms with Gasteiger partial charge in [-0.3, -0.25) is 4.79 Å². The molecule has 4 heteroatoms. The van der Waals surface area contributed by atoms with Crippen molar-refractivity contribution in [3.05, 3.63) is 29.3 Å². The van der Waals surface area contributed by atoms with Crippen LogP contribution in [0.1, 0.15) is 20.7 Å². The van der Waals surface area contributed by atoms with E-state index in [-0.39, 0.29) is 5.56 Å². The lowest BCUT2D eigenvalue weighted by Gasteiger charge is -2.15. The number of aldehydes is 1. The van der Waals surface area contributed by atoms with Gasteiger partial charge in [-0.25, -0.2) is 4.79 Å². The zero-order valence-electron chi connectivity index (χ0n) is 8.02. The number of anilines is 1. The predicted octanol–water partition coefficient (Wildman–Crippen LogP) is 1.26. The molecule has 4 nitrogen and oxygen atoms in total. The summed E-state index contributed by atoms with van der Waals surface area (Å²) < 4.78 is 0. The van der Waals surface area contributed by atoms with E-state index in [1.807, 2.05) is 0 Å². The first-order valence-electron chi connectivity index (χ1n) is 4.06. The molecule has 1 aromatic carbocycles. The highest BCUT2D eigenvalue weighted by Crippen LogP contribution is 2.19. The number of carbonyl (C=O) groups excluding carboxylic acids is 1. The molecule has 0 aromatic heterocycles. The Morgan fingerprint density at radius 3 is 2.50 bits per heavy atom. The first-order chi connectivity index (χ1) is 6.56. The summed E-state index contributed by atoms with van der Waals surface area (Å²) in [5.41, 5.74) is 1.20. The van der Waals surface area contributed by atoms with E-state index in [0.717, 1.165) is 0 Å². The lowest BCUT2D eigenvalue weighted by atomic mass is 10.1. The van der Waals surface area contributed by atoms with E-state index in [4.69, 9.17) is 5.11 Å². The van der Waals surface area contributed by atoms with Gasteiger partial charge < -0.3 is 10.0 Å². The summed E-state index contributed by atoms with van der Waals surface area (Å²) in [5.74, 6) is -0.994. The number of rotatable bonds is 3. The van der Waals surface area contributed by atoms with E-state index in [1.165, 1.54) is 12.1 Å². The molecule has 74 valence electrons. The number of carboxylic acids is 1. The Morgan fingerprint density at radius 2 is 2.07 bits per heavy atom. The average Bonchev–Trinajstić information content (AvgIpc) is 2.16. The van der Waals surface area contributed by atoms with Crippen molar-refractivity contribution in [1.29, 1.82) is 0 Å². The number of hydrogen-bond donors (Lipinski definition) is 1. The van der Waals surface area contributed by atoms with Gasteiger partial charge in [0.05, 0.1) is 11.3 Å². The number of benzene rings is 1. The lowest BCUT2D eigenvalue weighted by Crippen LogP contribution is -2.14. The zero-order valence-corrected chi connectivity index (χ0v) is 8.02. The summed E-state index contributed by atoms with van der Waals surface area (Å²) in [7, 11) is 3.46. The van der Waals surface area contributed by atoms with E-state index in [9.17, 15) is 9.59 Å². The van der Waals surface area contributed by atoms with Crippen LogP contribution in [0.5, 0.6) is 0 Å². The van der Waals surface area contributed by atoms with Gasteiger partial charge in [-0.1, -0.05) is 6.07 Å². The van der Waals surface area contributed by atoms with Crippen LogP contribution >= 0.6 is 0 Å². The van der Waals surface area contributed by atoms with Crippen molar-refractivity contribution in [2.45, 2.75) is 0 Å². The summed E-state index contributed by atoms with van der Waals surface area (Å²) in [5, 5.41) is 8.86. The summed E-state index contributed by atoms with van der Waals surface area (Å²) in [6.45, 7) is 0. The van der Waals surface area contributed by atoms with E-state index >= 15 is 0 Å². The van der Waals surface area contributed by atoms with Gasteiger partial charge >= 0.3 is 5.97 Å². The quantitative estimate of drug-likeness (QED) is 0.734. The highest BCUT2D eigenvalue weighted by molar-refractivity contribution is 5.95. The van der Waals surface area contributed by atoms with Crippen LogP contribution in [0.15, 0.2) is 18.2 Å². The van der Waals surface area contributed by atoms with Crippen LogP contribution in [0.4, 0.5) is 5.69 Å². The third-order valence-corrected chi connectivity index (χ3v) is 1.87. The first kappa shape index (κ1) is 10.2. The summed E-state index contributed by atoms with van der Waals surface area (Å²) in [4.78, 5) is 23.0. The molecule has 0 aliphatic heterocycles. The molecule has 0 atom stereocenters. The van der Waals surface area contributed by atoms with Gasteiger partial charge in [0.1, 0.15) is 6.29 Å². The fourth-order valence-electron chi connectivity index (χ4n) is 1.17. The highest BCUT2D eigenvalue weighted by atomic mass is 16.4. The Balaban J connectivity index is 3.30. The van der Waals surface area contributed by atoms with E-state index in [2.05, 4.69) is 0 Å². The second-order valence-corrected chi connectivity index (χ2v) is 3.09. The van der Waals surface area contributed by atoms with E-state index < -0.39 is 5.97 Å². The fraction of sp³-hybridized carbons (Fsp3) is 0.200. The second kappa shape index (κ2) is 3.91. The van der Waals surface area contributed by atoms with Gasteiger partial charge in [0, 0.05) is 19.7 Å². The van der Waals surface area contributed by atoms with Crippen molar-refractivity contribution in [3.63, 3.8) is 0 Å². The van der Waals surface area contributed by atoms with Crippen LogP contribution < -0.4 is 4.90 Å². The Labute approximate surface area is 81.8 Å². The molecule has 0 bridgehead atoms. The minimum Gasteiger partial charge on any atom is -0.478 e. The Hall–Kier alpha value is -1.84. The smallest absolute Gasteiger partial charge is 0.337 e. The Bertz CT molecular complexity index is 372. The van der Waals surface area contributed by atoms with Crippen molar-refractivity contribution in [3.8, 4) is 0 Å². The van der Waals surface area contributed by atoms with Crippen molar-refractivity contribution in [2.24, 2.45) is 0 Å². The topological polar surface area (TPSA) is 57.6 Å². The first-order valence-corrected chi connectivity index (χ1v) is 4.06. The SMILES string of the molecule is CN(C)c1cc(C=O)ccc1C(=O)O. The van der Waals surface area contributed by atoms with E-state index in [1.54, 1.807) is 25.1 Å². The van der Waals surface area contributed by atoms with Crippen LogP contribution in [0.3, 0.4) is 0 Å². The third kappa shape index (κ3) is 1.90. The third-order valence-electron chi connectivity index (χ3n) is 1.87. The molecule has 0 heterocycles. The van der Waals surface area contributed by atoms with Gasteiger partial charge in [0.2, 0.25) is 0 Å². The molecule has 1 N–H and O–H groups in total. The zero-order chi connectivity index (χ0) is 10.7. The molecule has 14 heavy (non-hydrogen) atoms. The average molecular weight is 193 g/mol. The summed E-state index contributed by atoms with van der Waals surface area (Å²) >= 11 is 0. The second-order valence-electron chi connectivity index (χ2n) is 3.09. The molecule has 0 fully saturated rings. The normalized spacial score (nSPS) is 9.57. The minimum absolute atomic E-state index is 0.195. The van der Waals surface area contributed by atoms with Crippen LogP contribution in [0, 0.1) is 0 Å². The lowest BCUT2D eigenvalue weighted by molar-refractivity contribution is 0.0697. The van der Waals surface area contributed by atoms with Crippen molar-refractivity contribution in [2.75, 3.05) is 19.0 Å². The fourth-order valence-corrected chi connectivity index (χ4v) is 1.17. The number of hydrogen-bond acceptors (Lipinski definition) is 3. The van der Waals surface area contributed by atoms with Gasteiger partial charge in [-0.15, -0.1) is 0 Å². The van der Waals surface area contributed by atoms with E-state index in [0.29, 0.717) is 17.5 Å². The van der Waals surface area contributed by atoms with Crippen LogP contribution in [0.25, 0.3) is 0 Å². The maximum atomic E-state index is 10.8. The van der Waals surface area contributed by atoms with Crippen LogP contribution in [0.2, 0.25) is 0 Å². The minimum atomic E-state index is -0.994. The Kier molecular flexibility index (Phi) is 2.86. The molecule has 0 aliphatic rings. The van der Waals surface area contributed by atoms with Gasteiger partial charge in [-0.2, -0.15) is 0 Å². The number of aromatic carboxylic acids is 1. The van der Waals surface area contributed by atoms with Crippen molar-refractivity contribution in [1.82, 2.24) is 0 Å². The molecule has 0 saturated carbocycles. The molecule has 0 radical (unpaired) electrons. The molecule has 0 aliphatic carbocycles. The molecule has 1 rings (SSSR count). The molecule has 0 unspecified atom stereocenters. The van der Waals surface area contributed by atoms with Crippen molar-refractivity contribution >= 4 is 17.9 Å². The molecular formula is C10H11NO3. The molecule has 0 saturated heterocycles. The highest BCUT2D eigenvalue weighted by Gasteiger charge is 2.11. The predicted molar refractivity (Wildman–Crippen MR) is 53.1 cm³/mol. The summed E-state index contributed by atoms with van der Waals surface area (Å²) in [6, 6.07) is 4.47. The number of carboxylic acid groups (broad SMARTS) is 1.